The maximum Gasteiger partial charge on any atom is 0.417 e. The lowest BCUT2D eigenvalue weighted by Gasteiger charge is -2.12. The summed E-state index contributed by atoms with van der Waals surface area (Å²) in [6.45, 7) is 1.48. The Morgan fingerprint density at radius 1 is 1.38 bits per heavy atom. The molecule has 0 aromatic heterocycles. The zero-order valence-electron chi connectivity index (χ0n) is 8.48. The van der Waals surface area contributed by atoms with Gasteiger partial charge in [-0.2, -0.15) is 13.2 Å². The summed E-state index contributed by atoms with van der Waals surface area (Å²) in [5.74, 6) is -0.820. The van der Waals surface area contributed by atoms with Gasteiger partial charge in [0.05, 0.1) is 23.3 Å². The number of carbonyl (C=O) groups is 1. The van der Waals surface area contributed by atoms with Crippen molar-refractivity contribution >= 4 is 17.6 Å². The Hall–Kier alpha value is -1.23. The molecule has 0 bridgehead atoms. The molecule has 0 atom stereocenters. The fraction of sp³-hybridized carbons (Fsp3) is 0.300. The van der Waals surface area contributed by atoms with E-state index in [2.05, 4.69) is 4.74 Å². The first kappa shape index (κ1) is 12.8. The van der Waals surface area contributed by atoms with Crippen LogP contribution >= 0.6 is 11.6 Å². The smallest absolute Gasteiger partial charge is 0.417 e. The molecule has 0 radical (unpaired) electrons. The van der Waals surface area contributed by atoms with Gasteiger partial charge in [-0.05, 0) is 24.6 Å². The van der Waals surface area contributed by atoms with E-state index in [9.17, 15) is 18.0 Å². The lowest BCUT2D eigenvalue weighted by atomic mass is 10.0. The summed E-state index contributed by atoms with van der Waals surface area (Å²) in [4.78, 5) is 11.2. The van der Waals surface area contributed by atoms with Crippen LogP contribution in [0.5, 0.6) is 0 Å². The summed E-state index contributed by atoms with van der Waals surface area (Å²) in [5.41, 5.74) is -0.843. The van der Waals surface area contributed by atoms with Crippen molar-refractivity contribution in [1.82, 2.24) is 0 Å². The fourth-order valence-electron chi connectivity index (χ4n) is 1.22. The number of hydrogen-bond donors (Lipinski definition) is 0. The Labute approximate surface area is 95.0 Å². The maximum absolute atomic E-state index is 12.5. The third-order valence-electron chi connectivity index (χ3n) is 2.02. The highest BCUT2D eigenvalue weighted by atomic mass is 35.5. The lowest BCUT2D eigenvalue weighted by Crippen LogP contribution is -2.11. The monoisotopic (exact) mass is 252 g/mol. The van der Waals surface area contributed by atoms with Gasteiger partial charge >= 0.3 is 12.1 Å². The summed E-state index contributed by atoms with van der Waals surface area (Å²) in [5, 5.41) is -0.433. The number of hydrogen-bond acceptors (Lipinski definition) is 2. The van der Waals surface area contributed by atoms with Gasteiger partial charge in [-0.15, -0.1) is 0 Å². The largest absolute Gasteiger partial charge is 0.465 e. The minimum absolute atomic E-state index is 0.140. The summed E-state index contributed by atoms with van der Waals surface area (Å²) >= 11 is 5.46. The van der Waals surface area contributed by atoms with Crippen LogP contribution in [0.25, 0.3) is 0 Å². The normalized spacial score (nSPS) is 11.4. The Balaban J connectivity index is 3.39. The second-order valence-corrected chi connectivity index (χ2v) is 3.54. The minimum atomic E-state index is -4.59. The molecule has 0 aliphatic rings. The fourth-order valence-corrected chi connectivity index (χ4v) is 1.55. The Bertz CT molecular complexity index is 427. The number of methoxy groups -OCH3 is 1. The van der Waals surface area contributed by atoms with E-state index in [-0.39, 0.29) is 5.56 Å². The number of benzene rings is 1. The molecule has 0 fully saturated rings. The molecule has 0 N–H and O–H groups in total. The van der Waals surface area contributed by atoms with Crippen LogP contribution < -0.4 is 0 Å². The summed E-state index contributed by atoms with van der Waals surface area (Å²) < 4.78 is 41.8. The van der Waals surface area contributed by atoms with Crippen LogP contribution in [0.15, 0.2) is 12.1 Å². The lowest BCUT2D eigenvalue weighted by molar-refractivity contribution is -0.137. The third-order valence-corrected chi connectivity index (χ3v) is 2.34. The van der Waals surface area contributed by atoms with Gasteiger partial charge in [0.2, 0.25) is 0 Å². The molecular formula is C10H8ClF3O2. The van der Waals surface area contributed by atoms with E-state index in [1.165, 1.54) is 6.92 Å². The molecule has 0 saturated heterocycles. The molecule has 1 aromatic rings. The molecule has 0 aliphatic heterocycles. The van der Waals surface area contributed by atoms with E-state index >= 15 is 0 Å². The van der Waals surface area contributed by atoms with Crippen LogP contribution in [-0.2, 0) is 10.9 Å². The molecule has 0 saturated carbocycles. The highest BCUT2D eigenvalue weighted by Crippen LogP contribution is 2.36. The first-order valence-corrected chi connectivity index (χ1v) is 4.61. The second kappa shape index (κ2) is 4.33. The van der Waals surface area contributed by atoms with Crippen molar-refractivity contribution < 1.29 is 22.7 Å². The van der Waals surface area contributed by atoms with Gasteiger partial charge in [-0.1, -0.05) is 11.6 Å². The molecule has 0 aliphatic carbocycles. The second-order valence-electron chi connectivity index (χ2n) is 3.14. The number of halogens is 4. The Morgan fingerprint density at radius 2 is 1.94 bits per heavy atom. The quantitative estimate of drug-likeness (QED) is 0.716. The minimum Gasteiger partial charge on any atom is -0.465 e. The molecule has 16 heavy (non-hydrogen) atoms. The SMILES string of the molecule is COC(=O)c1cc(C(F)(F)F)c(Cl)cc1C. The molecule has 6 heteroatoms. The van der Waals surface area contributed by atoms with E-state index in [1.807, 2.05) is 0 Å². The maximum atomic E-state index is 12.5. The van der Waals surface area contributed by atoms with E-state index in [0.29, 0.717) is 11.6 Å². The molecule has 0 unspecified atom stereocenters. The van der Waals surface area contributed by atoms with Gasteiger partial charge in [0, 0.05) is 0 Å². The highest BCUT2D eigenvalue weighted by molar-refractivity contribution is 6.31. The molecule has 1 aromatic carbocycles. The van der Waals surface area contributed by atoms with Gasteiger partial charge in [0.1, 0.15) is 0 Å². The third kappa shape index (κ3) is 2.47. The zero-order chi connectivity index (χ0) is 12.5. The molecule has 88 valence electrons. The van der Waals surface area contributed by atoms with Crippen molar-refractivity contribution in [2.24, 2.45) is 0 Å². The summed E-state index contributed by atoms with van der Waals surface area (Å²) in [6.07, 6.45) is -4.59. The standard InChI is InChI=1S/C10H8ClF3O2/c1-5-3-8(11)7(10(12,13)14)4-6(5)9(15)16-2/h3-4H,1-2H3. The van der Waals surface area contributed by atoms with E-state index < -0.39 is 22.7 Å². The summed E-state index contributed by atoms with van der Waals surface area (Å²) in [7, 11) is 1.10. The van der Waals surface area contributed by atoms with E-state index in [1.54, 1.807) is 0 Å². The first-order valence-electron chi connectivity index (χ1n) is 4.23. The average molecular weight is 253 g/mol. The topological polar surface area (TPSA) is 26.3 Å². The van der Waals surface area contributed by atoms with Crippen molar-refractivity contribution in [2.45, 2.75) is 13.1 Å². The van der Waals surface area contributed by atoms with Gasteiger partial charge in [0.15, 0.2) is 0 Å². The number of rotatable bonds is 1. The summed E-state index contributed by atoms with van der Waals surface area (Å²) in [6, 6.07) is 1.79. The molecule has 1 rings (SSSR count). The number of aryl methyl sites for hydroxylation is 1. The molecule has 2 nitrogen and oxygen atoms in total. The number of ether oxygens (including phenoxy) is 1. The average Bonchev–Trinajstić information content (AvgIpc) is 2.14. The molecular weight excluding hydrogens is 245 g/mol. The van der Waals surface area contributed by atoms with Crippen LogP contribution in [0.1, 0.15) is 21.5 Å². The van der Waals surface area contributed by atoms with Crippen molar-refractivity contribution in [3.63, 3.8) is 0 Å². The van der Waals surface area contributed by atoms with Gasteiger partial charge in [-0.25, -0.2) is 4.79 Å². The highest BCUT2D eigenvalue weighted by Gasteiger charge is 2.34. The van der Waals surface area contributed by atoms with Gasteiger partial charge in [0.25, 0.3) is 0 Å². The van der Waals surface area contributed by atoms with Gasteiger partial charge in [-0.3, -0.25) is 0 Å². The van der Waals surface area contributed by atoms with Crippen molar-refractivity contribution in [3.8, 4) is 0 Å². The van der Waals surface area contributed by atoms with Crippen molar-refractivity contribution in [3.05, 3.63) is 33.8 Å². The van der Waals surface area contributed by atoms with Crippen LogP contribution in [0.2, 0.25) is 5.02 Å². The number of alkyl halides is 3. The van der Waals surface area contributed by atoms with Crippen LogP contribution in [-0.4, -0.2) is 13.1 Å². The number of carbonyl (C=O) groups excluding carboxylic acids is 1. The Morgan fingerprint density at radius 3 is 2.38 bits per heavy atom. The van der Waals surface area contributed by atoms with Crippen LogP contribution in [0, 0.1) is 6.92 Å². The first-order chi connectivity index (χ1) is 7.27. The van der Waals surface area contributed by atoms with E-state index in [4.69, 9.17) is 11.6 Å². The predicted molar refractivity (Wildman–Crippen MR) is 52.5 cm³/mol. The molecule has 0 heterocycles. The van der Waals surface area contributed by atoms with Gasteiger partial charge < -0.3 is 4.74 Å². The van der Waals surface area contributed by atoms with Crippen LogP contribution in [0.4, 0.5) is 13.2 Å². The molecule has 0 spiro atoms. The van der Waals surface area contributed by atoms with Crippen LogP contribution in [0.3, 0.4) is 0 Å². The van der Waals surface area contributed by atoms with Crippen molar-refractivity contribution in [1.29, 1.82) is 0 Å². The van der Waals surface area contributed by atoms with E-state index in [0.717, 1.165) is 13.2 Å². The zero-order valence-corrected chi connectivity index (χ0v) is 9.24. The Kier molecular flexibility index (Phi) is 3.48. The molecule has 0 amide bonds. The number of esters is 1. The van der Waals surface area contributed by atoms with Crippen molar-refractivity contribution in [2.75, 3.05) is 7.11 Å². The predicted octanol–water partition coefficient (Wildman–Crippen LogP) is 3.45.